The Balaban J connectivity index is 2.06. The largest absolute Gasteiger partial charge is 0.355 e. The molecule has 0 amide bonds. The lowest BCUT2D eigenvalue weighted by Crippen LogP contribution is -2.35. The van der Waals surface area contributed by atoms with Crippen molar-refractivity contribution in [2.45, 2.75) is 18.6 Å². The summed E-state index contributed by atoms with van der Waals surface area (Å²) in [7, 11) is 0. The second kappa shape index (κ2) is 2.36. The first kappa shape index (κ1) is 8.00. The Kier molecular flexibility index (Phi) is 1.35. The average Bonchev–Trinajstić information content (AvgIpc) is 2.92. The van der Waals surface area contributed by atoms with Crippen molar-refractivity contribution in [1.82, 2.24) is 0 Å². The Labute approximate surface area is 82.0 Å². The maximum absolute atomic E-state index is 10.4. The molecule has 0 bridgehead atoms. The molecule has 0 radical (unpaired) electrons. The van der Waals surface area contributed by atoms with E-state index in [4.69, 9.17) is 4.84 Å². The number of nitrogens with zero attached hydrogens (tertiary/aromatic N) is 1. The van der Waals surface area contributed by atoms with E-state index in [-0.39, 0.29) is 5.41 Å². The van der Waals surface area contributed by atoms with Crippen molar-refractivity contribution in [3.8, 4) is 0 Å². The predicted molar refractivity (Wildman–Crippen MR) is 51.6 cm³/mol. The Bertz CT molecular complexity index is 384. The Morgan fingerprint density at radius 3 is 2.57 bits per heavy atom. The maximum atomic E-state index is 10.4. The molecule has 1 heterocycles. The van der Waals surface area contributed by atoms with E-state index in [2.05, 4.69) is 5.16 Å². The molecule has 3 nitrogen and oxygen atoms in total. The lowest BCUT2D eigenvalue weighted by molar-refractivity contribution is -0.225. The minimum Gasteiger partial charge on any atom is -0.355 e. The van der Waals surface area contributed by atoms with Crippen molar-refractivity contribution in [3.63, 3.8) is 0 Å². The summed E-state index contributed by atoms with van der Waals surface area (Å²) in [5, 5.41) is 14.2. The molecule has 1 atom stereocenters. The quantitative estimate of drug-likeness (QED) is 0.729. The van der Waals surface area contributed by atoms with E-state index in [0.29, 0.717) is 0 Å². The molecule has 1 N–H and O–H groups in total. The Morgan fingerprint density at radius 1 is 1.21 bits per heavy atom. The van der Waals surface area contributed by atoms with E-state index in [1.807, 2.05) is 30.3 Å². The summed E-state index contributed by atoms with van der Waals surface area (Å²) in [6, 6.07) is 9.45. The first-order valence-corrected chi connectivity index (χ1v) is 4.77. The Hall–Kier alpha value is -1.35. The van der Waals surface area contributed by atoms with E-state index in [0.717, 1.165) is 18.4 Å². The molecular formula is C11H11NO2. The van der Waals surface area contributed by atoms with Gasteiger partial charge in [-0.3, -0.25) is 0 Å². The zero-order chi connectivity index (χ0) is 9.65. The predicted octanol–water partition coefficient (Wildman–Crippen LogP) is 1.63. The molecule has 1 fully saturated rings. The summed E-state index contributed by atoms with van der Waals surface area (Å²) in [5.41, 5.74) is 0.531. The van der Waals surface area contributed by atoms with Crippen LogP contribution in [0.3, 0.4) is 0 Å². The number of hydrogen-bond acceptors (Lipinski definition) is 3. The summed E-state index contributed by atoms with van der Waals surface area (Å²) in [5.74, 6) is -1.23. The van der Waals surface area contributed by atoms with Gasteiger partial charge in [0, 0.05) is 5.56 Å². The van der Waals surface area contributed by atoms with Crippen LogP contribution in [0.1, 0.15) is 18.4 Å². The van der Waals surface area contributed by atoms with Gasteiger partial charge in [0.15, 0.2) is 0 Å². The summed E-state index contributed by atoms with van der Waals surface area (Å²) >= 11 is 0. The highest BCUT2D eigenvalue weighted by atomic mass is 16.7. The second-order valence-corrected chi connectivity index (χ2v) is 3.99. The lowest BCUT2D eigenvalue weighted by Gasteiger charge is -2.26. The number of rotatable bonds is 1. The molecular weight excluding hydrogens is 178 g/mol. The summed E-state index contributed by atoms with van der Waals surface area (Å²) in [6.45, 7) is 0. The zero-order valence-corrected chi connectivity index (χ0v) is 7.68. The fourth-order valence-corrected chi connectivity index (χ4v) is 1.99. The third-order valence-corrected chi connectivity index (χ3v) is 3.11. The van der Waals surface area contributed by atoms with E-state index >= 15 is 0 Å². The van der Waals surface area contributed by atoms with Crippen LogP contribution in [0.15, 0.2) is 35.5 Å². The number of aliphatic hydroxyl groups is 1. The topological polar surface area (TPSA) is 41.8 Å². The van der Waals surface area contributed by atoms with Crippen LogP contribution in [0.5, 0.6) is 0 Å². The highest BCUT2D eigenvalue weighted by Gasteiger charge is 2.64. The highest BCUT2D eigenvalue weighted by Crippen LogP contribution is 2.60. The fraction of sp³-hybridized carbons (Fsp3) is 0.364. The highest BCUT2D eigenvalue weighted by molar-refractivity contribution is 5.73. The van der Waals surface area contributed by atoms with Gasteiger partial charge in [-0.15, -0.1) is 0 Å². The standard InChI is InChI=1S/C11H11NO2/c13-11(9-4-2-1-3-5-9)10(6-7-10)8-12-14-11/h1-5,8,13H,6-7H2. The average molecular weight is 189 g/mol. The van der Waals surface area contributed by atoms with Crippen molar-refractivity contribution < 1.29 is 9.94 Å². The molecule has 1 aliphatic heterocycles. The molecule has 3 rings (SSSR count). The van der Waals surface area contributed by atoms with Gasteiger partial charge in [0.2, 0.25) is 0 Å². The molecule has 2 aliphatic rings. The van der Waals surface area contributed by atoms with E-state index in [9.17, 15) is 5.11 Å². The lowest BCUT2D eigenvalue weighted by atomic mass is 9.90. The van der Waals surface area contributed by atoms with Gasteiger partial charge in [0.1, 0.15) is 0 Å². The smallest absolute Gasteiger partial charge is 0.271 e. The van der Waals surface area contributed by atoms with E-state index in [1.165, 1.54) is 0 Å². The van der Waals surface area contributed by atoms with Crippen LogP contribution in [-0.2, 0) is 10.6 Å². The first-order chi connectivity index (χ1) is 6.77. The molecule has 1 aromatic rings. The van der Waals surface area contributed by atoms with Crippen molar-refractivity contribution in [3.05, 3.63) is 35.9 Å². The van der Waals surface area contributed by atoms with Crippen LogP contribution in [0.4, 0.5) is 0 Å². The van der Waals surface area contributed by atoms with Gasteiger partial charge in [-0.25, -0.2) is 0 Å². The molecule has 1 unspecified atom stereocenters. The van der Waals surface area contributed by atoms with Crippen LogP contribution in [0, 0.1) is 5.41 Å². The zero-order valence-electron chi connectivity index (χ0n) is 7.68. The molecule has 1 aromatic carbocycles. The fourth-order valence-electron chi connectivity index (χ4n) is 1.99. The molecule has 1 aliphatic carbocycles. The van der Waals surface area contributed by atoms with Gasteiger partial charge < -0.3 is 9.94 Å². The van der Waals surface area contributed by atoms with Crippen LogP contribution in [-0.4, -0.2) is 11.3 Å². The van der Waals surface area contributed by atoms with E-state index in [1.54, 1.807) is 6.21 Å². The summed E-state index contributed by atoms with van der Waals surface area (Å²) < 4.78 is 0. The summed E-state index contributed by atoms with van der Waals surface area (Å²) in [6.07, 6.45) is 3.63. The Morgan fingerprint density at radius 2 is 1.93 bits per heavy atom. The molecule has 72 valence electrons. The number of hydrogen-bond donors (Lipinski definition) is 1. The SMILES string of the molecule is OC1(c2ccccc2)ON=CC12CC2. The maximum Gasteiger partial charge on any atom is 0.271 e. The van der Waals surface area contributed by atoms with Crippen molar-refractivity contribution in [2.24, 2.45) is 10.6 Å². The van der Waals surface area contributed by atoms with Crippen LogP contribution >= 0.6 is 0 Å². The van der Waals surface area contributed by atoms with Crippen LogP contribution in [0.2, 0.25) is 0 Å². The molecule has 0 saturated heterocycles. The minimum absolute atomic E-state index is 0.256. The monoisotopic (exact) mass is 189 g/mol. The second-order valence-electron chi connectivity index (χ2n) is 3.99. The van der Waals surface area contributed by atoms with Gasteiger partial charge >= 0.3 is 0 Å². The van der Waals surface area contributed by atoms with Crippen molar-refractivity contribution in [1.29, 1.82) is 0 Å². The number of benzene rings is 1. The number of oxime groups is 1. The summed E-state index contributed by atoms with van der Waals surface area (Å²) in [4.78, 5) is 5.13. The van der Waals surface area contributed by atoms with Gasteiger partial charge in [-0.1, -0.05) is 35.5 Å². The molecule has 1 saturated carbocycles. The minimum atomic E-state index is -1.23. The molecule has 1 spiro atoms. The van der Waals surface area contributed by atoms with Crippen LogP contribution < -0.4 is 0 Å². The first-order valence-electron chi connectivity index (χ1n) is 4.77. The van der Waals surface area contributed by atoms with E-state index < -0.39 is 5.79 Å². The van der Waals surface area contributed by atoms with Gasteiger partial charge in [-0.2, -0.15) is 0 Å². The van der Waals surface area contributed by atoms with Gasteiger partial charge in [-0.05, 0) is 12.8 Å². The van der Waals surface area contributed by atoms with Gasteiger partial charge in [0.05, 0.1) is 11.6 Å². The molecule has 14 heavy (non-hydrogen) atoms. The third-order valence-electron chi connectivity index (χ3n) is 3.11. The van der Waals surface area contributed by atoms with Crippen molar-refractivity contribution >= 4 is 6.21 Å². The third kappa shape index (κ3) is 0.826. The van der Waals surface area contributed by atoms with Crippen LogP contribution in [0.25, 0.3) is 0 Å². The molecule has 3 heteroatoms. The molecule has 0 aromatic heterocycles. The van der Waals surface area contributed by atoms with Crippen molar-refractivity contribution in [2.75, 3.05) is 0 Å². The normalized spacial score (nSPS) is 31.8. The van der Waals surface area contributed by atoms with Gasteiger partial charge in [0.25, 0.3) is 5.79 Å².